The molecule has 2 amide bonds. The molecule has 5 aromatic rings. The molecule has 202 valence electrons. The van der Waals surface area contributed by atoms with E-state index in [1.54, 1.807) is 48.5 Å². The third-order valence-electron chi connectivity index (χ3n) is 6.46. The number of carbonyl (C=O) groups is 2. The van der Waals surface area contributed by atoms with E-state index in [1.165, 1.54) is 10.5 Å². The highest BCUT2D eigenvalue weighted by Gasteiger charge is 2.14. The van der Waals surface area contributed by atoms with Gasteiger partial charge in [-0.2, -0.15) is 0 Å². The van der Waals surface area contributed by atoms with Gasteiger partial charge in [0.05, 0.1) is 17.9 Å². The number of rotatable bonds is 12. The fraction of sp³-hybridized carbons (Fsp3) is 0.125. The highest BCUT2D eigenvalue weighted by molar-refractivity contribution is 6.05. The van der Waals surface area contributed by atoms with Gasteiger partial charge in [-0.1, -0.05) is 54.6 Å². The number of furan rings is 1. The maximum absolute atomic E-state index is 12.5. The van der Waals surface area contributed by atoms with Crippen LogP contribution in [0.5, 0.6) is 5.75 Å². The summed E-state index contributed by atoms with van der Waals surface area (Å²) in [7, 11) is 0. The summed E-state index contributed by atoms with van der Waals surface area (Å²) in [5.41, 5.74) is 10.4. The van der Waals surface area contributed by atoms with E-state index in [-0.39, 0.29) is 12.5 Å². The predicted octanol–water partition coefficient (Wildman–Crippen LogP) is 5.60. The van der Waals surface area contributed by atoms with Crippen LogP contribution in [0, 0.1) is 0 Å². The number of anilines is 3. The van der Waals surface area contributed by atoms with Gasteiger partial charge < -0.3 is 25.5 Å². The second-order valence-corrected chi connectivity index (χ2v) is 9.22. The van der Waals surface area contributed by atoms with E-state index in [9.17, 15) is 9.59 Å². The number of hydrogen-bond donors (Lipinski definition) is 3. The Hall–Kier alpha value is -5.08. The molecule has 0 aliphatic heterocycles. The Morgan fingerprint density at radius 2 is 1.68 bits per heavy atom. The summed E-state index contributed by atoms with van der Waals surface area (Å²) in [6.07, 6.45) is 0.733. The quantitative estimate of drug-likeness (QED) is 0.142. The van der Waals surface area contributed by atoms with Crippen molar-refractivity contribution in [2.45, 2.75) is 13.1 Å². The first-order valence-electron chi connectivity index (χ1n) is 13.0. The number of nitrogen functional groups attached to an aromatic ring is 1. The number of nitrogens with zero attached hydrogens (tertiary/aromatic N) is 1. The first kappa shape index (κ1) is 26.5. The summed E-state index contributed by atoms with van der Waals surface area (Å²) in [6.45, 7) is 1.96. The predicted molar refractivity (Wildman–Crippen MR) is 157 cm³/mol. The van der Waals surface area contributed by atoms with Crippen LogP contribution in [-0.2, 0) is 17.9 Å². The molecule has 1 heterocycles. The fourth-order valence-electron chi connectivity index (χ4n) is 4.33. The van der Waals surface area contributed by atoms with Crippen LogP contribution < -0.4 is 26.0 Å². The molecule has 0 atom stereocenters. The van der Waals surface area contributed by atoms with Crippen LogP contribution in [-0.4, -0.2) is 25.5 Å². The highest BCUT2D eigenvalue weighted by atomic mass is 16.5. The first-order chi connectivity index (χ1) is 19.6. The average Bonchev–Trinajstić information content (AvgIpc) is 3.42. The molecule has 8 heteroatoms. The van der Waals surface area contributed by atoms with Crippen LogP contribution in [0.4, 0.5) is 17.3 Å². The van der Waals surface area contributed by atoms with Crippen molar-refractivity contribution in [1.82, 2.24) is 5.32 Å². The van der Waals surface area contributed by atoms with Crippen LogP contribution in [0.25, 0.3) is 11.0 Å². The van der Waals surface area contributed by atoms with Crippen LogP contribution in [0.1, 0.15) is 21.5 Å². The molecular weight excluding hydrogens is 504 g/mol. The van der Waals surface area contributed by atoms with Crippen LogP contribution in [0.3, 0.4) is 0 Å². The normalized spacial score (nSPS) is 10.8. The largest absolute Gasteiger partial charge is 0.492 e. The molecule has 0 saturated carbocycles. The lowest BCUT2D eigenvalue weighted by molar-refractivity contribution is -0.107. The van der Waals surface area contributed by atoms with E-state index in [4.69, 9.17) is 14.9 Å². The monoisotopic (exact) mass is 534 g/mol. The van der Waals surface area contributed by atoms with Crippen molar-refractivity contribution in [3.63, 3.8) is 0 Å². The van der Waals surface area contributed by atoms with Gasteiger partial charge in [-0.15, -0.1) is 0 Å². The van der Waals surface area contributed by atoms with E-state index < -0.39 is 0 Å². The molecule has 5 rings (SSSR count). The smallest absolute Gasteiger partial charge is 0.255 e. The zero-order valence-electron chi connectivity index (χ0n) is 21.9. The summed E-state index contributed by atoms with van der Waals surface area (Å²) >= 11 is 0. The third-order valence-corrected chi connectivity index (χ3v) is 6.46. The van der Waals surface area contributed by atoms with Gasteiger partial charge in [-0.25, -0.2) is 0 Å². The van der Waals surface area contributed by atoms with Gasteiger partial charge in [-0.3, -0.25) is 14.5 Å². The van der Waals surface area contributed by atoms with Crippen molar-refractivity contribution in [3.8, 4) is 5.75 Å². The lowest BCUT2D eigenvalue weighted by Crippen LogP contribution is -2.26. The van der Waals surface area contributed by atoms with E-state index >= 15 is 0 Å². The SMILES string of the molecule is Nc1ccccc1NC(=O)c1ccc(OCCN(C=O)c2cc3c(CNCc4ccccc4)cccc3o2)cc1. The van der Waals surface area contributed by atoms with Gasteiger partial charge in [0, 0.05) is 30.1 Å². The number of nitrogens with one attached hydrogen (secondary N) is 2. The number of nitrogens with two attached hydrogens (primary N) is 1. The molecule has 40 heavy (non-hydrogen) atoms. The lowest BCUT2D eigenvalue weighted by atomic mass is 10.1. The van der Waals surface area contributed by atoms with Crippen molar-refractivity contribution in [2.24, 2.45) is 0 Å². The van der Waals surface area contributed by atoms with E-state index in [2.05, 4.69) is 22.8 Å². The van der Waals surface area contributed by atoms with Crippen LogP contribution in [0.15, 0.2) is 108 Å². The Kier molecular flexibility index (Phi) is 8.38. The zero-order chi connectivity index (χ0) is 27.7. The summed E-state index contributed by atoms with van der Waals surface area (Å²) < 4.78 is 11.8. The summed E-state index contributed by atoms with van der Waals surface area (Å²) in [6, 6.07) is 31.8. The van der Waals surface area contributed by atoms with E-state index in [1.807, 2.05) is 42.5 Å². The molecule has 0 saturated heterocycles. The van der Waals surface area contributed by atoms with Crippen molar-refractivity contribution < 1.29 is 18.7 Å². The molecule has 4 aromatic carbocycles. The zero-order valence-corrected chi connectivity index (χ0v) is 21.9. The molecule has 0 radical (unpaired) electrons. The summed E-state index contributed by atoms with van der Waals surface area (Å²) in [5, 5.41) is 7.22. The minimum absolute atomic E-state index is 0.243. The van der Waals surface area contributed by atoms with E-state index in [0.29, 0.717) is 47.2 Å². The van der Waals surface area contributed by atoms with Crippen molar-refractivity contribution >= 4 is 40.5 Å². The Bertz CT molecular complexity index is 1580. The molecule has 4 N–H and O–H groups in total. The number of amides is 2. The third kappa shape index (κ3) is 6.48. The molecule has 0 bridgehead atoms. The Morgan fingerprint density at radius 1 is 0.900 bits per heavy atom. The number of para-hydroxylation sites is 2. The average molecular weight is 535 g/mol. The molecule has 0 spiro atoms. The first-order valence-corrected chi connectivity index (χ1v) is 13.0. The van der Waals surface area contributed by atoms with Gasteiger partial charge in [-0.05, 0) is 53.6 Å². The second-order valence-electron chi connectivity index (χ2n) is 9.22. The molecule has 0 unspecified atom stereocenters. The second kappa shape index (κ2) is 12.6. The topological polar surface area (TPSA) is 110 Å². The fourth-order valence-corrected chi connectivity index (χ4v) is 4.33. The molecule has 1 aromatic heterocycles. The Labute approximate surface area is 232 Å². The summed E-state index contributed by atoms with van der Waals surface area (Å²) in [4.78, 5) is 25.9. The lowest BCUT2D eigenvalue weighted by Gasteiger charge is -2.14. The van der Waals surface area contributed by atoms with Crippen LogP contribution >= 0.6 is 0 Å². The number of hydrogen-bond acceptors (Lipinski definition) is 6. The Balaban J connectivity index is 1.16. The number of carbonyl (C=O) groups excluding carboxylic acids is 2. The number of fused-ring (bicyclic) bond motifs is 1. The maximum atomic E-state index is 12.5. The highest BCUT2D eigenvalue weighted by Crippen LogP contribution is 2.28. The minimum atomic E-state index is -0.267. The van der Waals surface area contributed by atoms with Crippen molar-refractivity contribution in [1.29, 1.82) is 0 Å². The Morgan fingerprint density at radius 3 is 2.45 bits per heavy atom. The van der Waals surface area contributed by atoms with Gasteiger partial charge >= 0.3 is 0 Å². The van der Waals surface area contributed by atoms with Gasteiger partial charge in [0.15, 0.2) is 0 Å². The summed E-state index contributed by atoms with van der Waals surface area (Å²) in [5.74, 6) is 0.769. The molecule has 0 aliphatic carbocycles. The van der Waals surface area contributed by atoms with Gasteiger partial charge in [0.2, 0.25) is 12.3 Å². The number of benzene rings is 4. The molecule has 0 aliphatic rings. The van der Waals surface area contributed by atoms with Gasteiger partial charge in [0.1, 0.15) is 17.9 Å². The molecular formula is C32H30N4O4. The van der Waals surface area contributed by atoms with Crippen molar-refractivity contribution in [2.75, 3.05) is 29.1 Å². The molecule has 0 fully saturated rings. The van der Waals surface area contributed by atoms with Gasteiger partial charge in [0.25, 0.3) is 5.91 Å². The minimum Gasteiger partial charge on any atom is -0.492 e. The van der Waals surface area contributed by atoms with Crippen molar-refractivity contribution in [3.05, 3.63) is 120 Å². The van der Waals surface area contributed by atoms with E-state index in [0.717, 1.165) is 23.9 Å². The maximum Gasteiger partial charge on any atom is 0.255 e. The standard InChI is InChI=1S/C32H30N4O4/c33-28-10-4-5-11-29(28)35-32(38)24-13-15-26(16-14-24)39-18-17-36(22-37)31-19-27-25(9-6-12-30(27)40-31)21-34-20-23-7-2-1-3-8-23/h1-16,19,22,34H,17-18,20-21,33H2,(H,35,38). The molecule has 8 nitrogen and oxygen atoms in total. The van der Waals surface area contributed by atoms with Crippen LogP contribution in [0.2, 0.25) is 0 Å². The number of ether oxygens (including phenoxy) is 1.